The summed E-state index contributed by atoms with van der Waals surface area (Å²) in [7, 11) is 0. The molecule has 1 aliphatic carbocycles. The Hall–Kier alpha value is -0.640. The van der Waals surface area contributed by atoms with Crippen molar-refractivity contribution in [3.05, 3.63) is 45.2 Å². The van der Waals surface area contributed by atoms with E-state index < -0.39 is 0 Å². The second kappa shape index (κ2) is 5.16. The zero-order chi connectivity index (χ0) is 12.5. The molecule has 1 aromatic heterocycles. The molecule has 0 radical (unpaired) electrons. The maximum Gasteiger partial charge on any atom is 0.0484 e. The van der Waals surface area contributed by atoms with Crippen molar-refractivity contribution in [2.75, 3.05) is 6.54 Å². The highest BCUT2D eigenvalue weighted by Crippen LogP contribution is 2.38. The first-order valence-corrected chi connectivity index (χ1v) is 8.06. The molecule has 0 bridgehead atoms. The fourth-order valence-electron chi connectivity index (χ4n) is 2.70. The van der Waals surface area contributed by atoms with Crippen molar-refractivity contribution in [3.8, 4) is 10.4 Å². The van der Waals surface area contributed by atoms with Crippen molar-refractivity contribution >= 4 is 27.3 Å². The number of nitrogens with one attached hydrogen (secondary N) is 1. The lowest BCUT2D eigenvalue weighted by Gasteiger charge is -2.13. The first kappa shape index (κ1) is 12.4. The van der Waals surface area contributed by atoms with E-state index in [2.05, 4.69) is 57.8 Å². The maximum atomic E-state index is 3.62. The molecule has 18 heavy (non-hydrogen) atoms. The summed E-state index contributed by atoms with van der Waals surface area (Å²) in [5, 5.41) is 5.71. The van der Waals surface area contributed by atoms with Crippen LogP contribution in [0.25, 0.3) is 10.4 Å². The topological polar surface area (TPSA) is 12.0 Å². The number of rotatable bonds is 3. The normalized spacial score (nSPS) is 18.0. The molecule has 1 aromatic carbocycles. The molecule has 0 fully saturated rings. The molecule has 1 atom stereocenters. The second-order valence-electron chi connectivity index (χ2n) is 4.66. The Morgan fingerprint density at radius 3 is 3.00 bits per heavy atom. The Morgan fingerprint density at radius 1 is 1.39 bits per heavy atom. The molecule has 0 saturated heterocycles. The van der Waals surface area contributed by atoms with Crippen LogP contribution in [0.15, 0.2) is 34.1 Å². The highest BCUT2D eigenvalue weighted by molar-refractivity contribution is 9.10. The fraction of sp³-hybridized carbons (Fsp3) is 0.333. The van der Waals surface area contributed by atoms with Gasteiger partial charge in [0.2, 0.25) is 0 Å². The summed E-state index contributed by atoms with van der Waals surface area (Å²) in [6.07, 6.45) is 2.44. The molecule has 0 spiro atoms. The Labute approximate surface area is 120 Å². The van der Waals surface area contributed by atoms with E-state index in [9.17, 15) is 0 Å². The van der Waals surface area contributed by atoms with E-state index in [1.165, 1.54) is 38.9 Å². The molecule has 1 N–H and O–H groups in total. The summed E-state index contributed by atoms with van der Waals surface area (Å²) in [6, 6.07) is 9.59. The molecule has 0 amide bonds. The van der Waals surface area contributed by atoms with Crippen LogP contribution in [-0.4, -0.2) is 6.54 Å². The first-order chi connectivity index (χ1) is 8.79. The smallest absolute Gasteiger partial charge is 0.0484 e. The highest BCUT2D eigenvalue weighted by atomic mass is 79.9. The third-order valence-electron chi connectivity index (χ3n) is 3.55. The summed E-state index contributed by atoms with van der Waals surface area (Å²) in [5.41, 5.74) is 4.34. The van der Waals surface area contributed by atoms with Crippen LogP contribution in [0.3, 0.4) is 0 Å². The summed E-state index contributed by atoms with van der Waals surface area (Å²) in [6.45, 7) is 3.22. The van der Waals surface area contributed by atoms with Crippen molar-refractivity contribution in [1.82, 2.24) is 5.32 Å². The number of hydrogen-bond donors (Lipinski definition) is 1. The van der Waals surface area contributed by atoms with Crippen LogP contribution in [-0.2, 0) is 6.42 Å². The highest BCUT2D eigenvalue weighted by Gasteiger charge is 2.22. The van der Waals surface area contributed by atoms with Crippen molar-refractivity contribution in [2.24, 2.45) is 0 Å². The lowest BCUT2D eigenvalue weighted by molar-refractivity contribution is 0.549. The second-order valence-corrected chi connectivity index (χ2v) is 6.43. The van der Waals surface area contributed by atoms with Gasteiger partial charge < -0.3 is 5.32 Å². The van der Waals surface area contributed by atoms with Gasteiger partial charge in [-0.2, -0.15) is 0 Å². The first-order valence-electron chi connectivity index (χ1n) is 6.39. The van der Waals surface area contributed by atoms with E-state index in [1.807, 2.05) is 0 Å². The molecule has 94 valence electrons. The number of aryl methyl sites for hydroxylation is 1. The van der Waals surface area contributed by atoms with E-state index in [0.717, 1.165) is 6.54 Å². The standard InChI is InChI=1S/C15H16BrNS/c1-2-17-14-6-5-10-3-4-11(9-12(10)14)15-13(16)7-8-18-15/h3-4,7-9,14,17H,2,5-6H2,1H3. The van der Waals surface area contributed by atoms with Crippen molar-refractivity contribution in [3.63, 3.8) is 0 Å². The molecule has 0 aliphatic heterocycles. The quantitative estimate of drug-likeness (QED) is 0.858. The fourth-order valence-corrected chi connectivity index (χ4v) is 4.30. The van der Waals surface area contributed by atoms with Crippen LogP contribution in [0.5, 0.6) is 0 Å². The summed E-state index contributed by atoms with van der Waals surface area (Å²) < 4.78 is 1.20. The minimum atomic E-state index is 0.545. The average Bonchev–Trinajstić information content (AvgIpc) is 2.96. The lowest BCUT2D eigenvalue weighted by atomic mass is 10.0. The van der Waals surface area contributed by atoms with Crippen LogP contribution in [0.4, 0.5) is 0 Å². The number of hydrogen-bond acceptors (Lipinski definition) is 2. The molecule has 2 aromatic rings. The maximum absolute atomic E-state index is 3.62. The summed E-state index contributed by atoms with van der Waals surface area (Å²) in [4.78, 5) is 1.33. The van der Waals surface area contributed by atoms with E-state index in [-0.39, 0.29) is 0 Å². The molecule has 1 heterocycles. The van der Waals surface area contributed by atoms with Gasteiger partial charge in [0, 0.05) is 15.4 Å². The zero-order valence-electron chi connectivity index (χ0n) is 10.4. The Kier molecular flexibility index (Phi) is 3.55. The molecule has 3 rings (SSSR count). The third-order valence-corrected chi connectivity index (χ3v) is 5.44. The van der Waals surface area contributed by atoms with Crippen LogP contribution >= 0.6 is 27.3 Å². The van der Waals surface area contributed by atoms with Gasteiger partial charge >= 0.3 is 0 Å². The van der Waals surface area contributed by atoms with Crippen molar-refractivity contribution in [1.29, 1.82) is 0 Å². The van der Waals surface area contributed by atoms with Gasteiger partial charge in [0.1, 0.15) is 0 Å². The van der Waals surface area contributed by atoms with Gasteiger partial charge in [-0.05, 0) is 69.5 Å². The lowest BCUT2D eigenvalue weighted by Crippen LogP contribution is -2.18. The van der Waals surface area contributed by atoms with E-state index in [1.54, 1.807) is 11.3 Å². The van der Waals surface area contributed by atoms with Gasteiger partial charge in [-0.3, -0.25) is 0 Å². The number of halogens is 1. The van der Waals surface area contributed by atoms with Crippen LogP contribution < -0.4 is 5.32 Å². The summed E-state index contributed by atoms with van der Waals surface area (Å²) in [5.74, 6) is 0. The van der Waals surface area contributed by atoms with Crippen LogP contribution in [0.2, 0.25) is 0 Å². The van der Waals surface area contributed by atoms with Gasteiger partial charge in [0.25, 0.3) is 0 Å². The minimum Gasteiger partial charge on any atom is -0.310 e. The third kappa shape index (κ3) is 2.15. The van der Waals surface area contributed by atoms with Gasteiger partial charge in [-0.1, -0.05) is 19.1 Å². The molecule has 1 nitrogen and oxygen atoms in total. The average molecular weight is 322 g/mol. The van der Waals surface area contributed by atoms with Gasteiger partial charge in [-0.15, -0.1) is 11.3 Å². The van der Waals surface area contributed by atoms with Crippen molar-refractivity contribution in [2.45, 2.75) is 25.8 Å². The van der Waals surface area contributed by atoms with E-state index in [0.29, 0.717) is 6.04 Å². The number of benzene rings is 1. The van der Waals surface area contributed by atoms with Crippen LogP contribution in [0, 0.1) is 0 Å². The van der Waals surface area contributed by atoms with E-state index >= 15 is 0 Å². The SMILES string of the molecule is CCNC1CCc2ccc(-c3sccc3Br)cc21. The number of fused-ring (bicyclic) bond motifs is 1. The molecular formula is C15H16BrNS. The largest absolute Gasteiger partial charge is 0.310 e. The summed E-state index contributed by atoms with van der Waals surface area (Å²) >= 11 is 5.42. The predicted molar refractivity (Wildman–Crippen MR) is 82.2 cm³/mol. The Morgan fingerprint density at radius 2 is 2.28 bits per heavy atom. The molecule has 1 unspecified atom stereocenters. The van der Waals surface area contributed by atoms with Gasteiger partial charge in [0.15, 0.2) is 0 Å². The molecular weight excluding hydrogens is 306 g/mol. The minimum absolute atomic E-state index is 0.545. The Bertz CT molecular complexity index is 559. The molecule has 3 heteroatoms. The Balaban J connectivity index is 2.00. The number of thiophene rings is 1. The monoisotopic (exact) mass is 321 g/mol. The van der Waals surface area contributed by atoms with E-state index in [4.69, 9.17) is 0 Å². The van der Waals surface area contributed by atoms with Gasteiger partial charge in [-0.25, -0.2) is 0 Å². The van der Waals surface area contributed by atoms with Crippen LogP contribution in [0.1, 0.15) is 30.5 Å². The molecule has 1 aliphatic rings. The van der Waals surface area contributed by atoms with Gasteiger partial charge in [0.05, 0.1) is 0 Å². The predicted octanol–water partition coefficient (Wildman–Crippen LogP) is 4.77. The molecule has 0 saturated carbocycles. The van der Waals surface area contributed by atoms with Crippen molar-refractivity contribution < 1.29 is 0 Å². The zero-order valence-corrected chi connectivity index (χ0v) is 12.8.